The van der Waals surface area contributed by atoms with Crippen LogP contribution in [0.3, 0.4) is 0 Å². The van der Waals surface area contributed by atoms with Gasteiger partial charge in [0.05, 0.1) is 13.2 Å². The van der Waals surface area contributed by atoms with E-state index in [0.717, 1.165) is 13.0 Å². The van der Waals surface area contributed by atoms with Gasteiger partial charge < -0.3 is 14.5 Å². The van der Waals surface area contributed by atoms with E-state index in [9.17, 15) is 8.42 Å². The van der Waals surface area contributed by atoms with Crippen LogP contribution in [0.4, 0.5) is 0 Å². The lowest BCUT2D eigenvalue weighted by molar-refractivity contribution is 0.180. The van der Waals surface area contributed by atoms with E-state index in [1.165, 1.54) is 7.11 Å². The third kappa shape index (κ3) is 4.90. The number of furan rings is 1. The van der Waals surface area contributed by atoms with E-state index in [0.29, 0.717) is 24.7 Å². The lowest BCUT2D eigenvalue weighted by Crippen LogP contribution is -2.35. The predicted octanol–water partition coefficient (Wildman–Crippen LogP) is 1.40. The van der Waals surface area contributed by atoms with Gasteiger partial charge in [0.2, 0.25) is 10.0 Å². The van der Waals surface area contributed by atoms with E-state index >= 15 is 0 Å². The molecule has 1 aromatic rings. The van der Waals surface area contributed by atoms with Gasteiger partial charge in [0.1, 0.15) is 16.4 Å². The summed E-state index contributed by atoms with van der Waals surface area (Å²) in [6.45, 7) is 7.18. The van der Waals surface area contributed by atoms with Crippen LogP contribution in [0.2, 0.25) is 0 Å². The molecule has 0 aliphatic carbocycles. The minimum Gasteiger partial charge on any atom is -0.464 e. The molecule has 116 valence electrons. The van der Waals surface area contributed by atoms with Crippen molar-refractivity contribution < 1.29 is 17.6 Å². The number of nitrogens with one attached hydrogen (secondary N) is 2. The molecule has 0 aliphatic heterocycles. The average Bonchev–Trinajstić information content (AvgIpc) is 2.71. The van der Waals surface area contributed by atoms with Crippen LogP contribution in [0.25, 0.3) is 0 Å². The number of hydrogen-bond donors (Lipinski definition) is 2. The first kappa shape index (κ1) is 17.2. The summed E-state index contributed by atoms with van der Waals surface area (Å²) in [6, 6.07) is 1.28. The fourth-order valence-corrected chi connectivity index (χ4v) is 3.31. The van der Waals surface area contributed by atoms with Crippen molar-refractivity contribution in [3.05, 3.63) is 17.6 Å². The standard InChI is InChI=1S/C13H24N2O4S/c1-5-6-14-8-12-7-13(11(3)19-12)20(16,17)15-10(2)9-18-4/h7,10,14-15H,5-6,8-9H2,1-4H3. The Bertz CT molecular complexity index is 510. The van der Waals surface area contributed by atoms with E-state index in [2.05, 4.69) is 17.0 Å². The second kappa shape index (κ2) is 7.78. The molecule has 0 saturated heterocycles. The van der Waals surface area contributed by atoms with Crippen LogP contribution in [0.1, 0.15) is 31.8 Å². The highest BCUT2D eigenvalue weighted by Crippen LogP contribution is 2.20. The van der Waals surface area contributed by atoms with Crippen molar-refractivity contribution in [3.8, 4) is 0 Å². The predicted molar refractivity (Wildman–Crippen MR) is 77.1 cm³/mol. The van der Waals surface area contributed by atoms with Gasteiger partial charge in [0, 0.05) is 19.2 Å². The van der Waals surface area contributed by atoms with Gasteiger partial charge in [-0.15, -0.1) is 0 Å². The van der Waals surface area contributed by atoms with Crippen LogP contribution < -0.4 is 10.0 Å². The minimum atomic E-state index is -3.57. The molecule has 0 amide bonds. The number of rotatable bonds is 9. The van der Waals surface area contributed by atoms with E-state index in [1.54, 1.807) is 19.9 Å². The summed E-state index contributed by atoms with van der Waals surface area (Å²) in [7, 11) is -2.04. The van der Waals surface area contributed by atoms with Crippen LogP contribution in [0, 0.1) is 6.92 Å². The Labute approximate surface area is 120 Å². The lowest BCUT2D eigenvalue weighted by atomic mass is 10.4. The molecule has 0 radical (unpaired) electrons. The van der Waals surface area contributed by atoms with E-state index in [1.807, 2.05) is 0 Å². The number of aryl methyl sites for hydroxylation is 1. The Morgan fingerprint density at radius 2 is 2.15 bits per heavy atom. The highest BCUT2D eigenvalue weighted by molar-refractivity contribution is 7.89. The summed E-state index contributed by atoms with van der Waals surface area (Å²) >= 11 is 0. The van der Waals surface area contributed by atoms with Crippen molar-refractivity contribution in [3.63, 3.8) is 0 Å². The zero-order valence-corrected chi connectivity index (χ0v) is 13.3. The number of methoxy groups -OCH3 is 1. The Kier molecular flexibility index (Phi) is 6.67. The molecular formula is C13H24N2O4S. The number of sulfonamides is 1. The third-order valence-electron chi connectivity index (χ3n) is 2.71. The van der Waals surface area contributed by atoms with Crippen molar-refractivity contribution in [2.45, 2.75) is 44.7 Å². The minimum absolute atomic E-state index is 0.189. The summed E-state index contributed by atoms with van der Waals surface area (Å²) in [5.41, 5.74) is 0. The van der Waals surface area contributed by atoms with Gasteiger partial charge in [-0.1, -0.05) is 6.92 Å². The highest BCUT2D eigenvalue weighted by atomic mass is 32.2. The van der Waals surface area contributed by atoms with Gasteiger partial charge in [0.15, 0.2) is 0 Å². The summed E-state index contributed by atoms with van der Waals surface area (Å²) in [5.74, 6) is 1.02. The quantitative estimate of drug-likeness (QED) is 0.674. The number of hydrogen-bond acceptors (Lipinski definition) is 5. The fraction of sp³-hybridized carbons (Fsp3) is 0.692. The molecule has 1 rings (SSSR count). The molecule has 0 aliphatic rings. The zero-order chi connectivity index (χ0) is 15.2. The molecule has 20 heavy (non-hydrogen) atoms. The van der Waals surface area contributed by atoms with Gasteiger partial charge in [-0.2, -0.15) is 0 Å². The molecule has 0 bridgehead atoms. The zero-order valence-electron chi connectivity index (χ0n) is 12.5. The van der Waals surface area contributed by atoms with Crippen molar-refractivity contribution in [1.82, 2.24) is 10.0 Å². The average molecular weight is 304 g/mol. The van der Waals surface area contributed by atoms with Crippen LogP contribution >= 0.6 is 0 Å². The molecule has 0 aromatic carbocycles. The molecule has 1 aromatic heterocycles. The van der Waals surface area contributed by atoms with Crippen LogP contribution in [-0.2, 0) is 21.3 Å². The molecule has 7 heteroatoms. The Morgan fingerprint density at radius 3 is 2.75 bits per heavy atom. The summed E-state index contributed by atoms with van der Waals surface area (Å²) in [6.07, 6.45) is 1.01. The van der Waals surface area contributed by atoms with E-state index < -0.39 is 10.0 Å². The first-order valence-corrected chi connectivity index (χ1v) is 8.20. The number of ether oxygens (including phenoxy) is 1. The van der Waals surface area contributed by atoms with Gasteiger partial charge in [0.25, 0.3) is 0 Å². The Hall–Kier alpha value is -0.890. The van der Waals surface area contributed by atoms with E-state index in [4.69, 9.17) is 9.15 Å². The maximum atomic E-state index is 12.2. The topological polar surface area (TPSA) is 80.6 Å². The largest absolute Gasteiger partial charge is 0.464 e. The van der Waals surface area contributed by atoms with Gasteiger partial charge in [-0.25, -0.2) is 13.1 Å². The first-order chi connectivity index (χ1) is 9.40. The van der Waals surface area contributed by atoms with Crippen LogP contribution in [0.5, 0.6) is 0 Å². The fourth-order valence-electron chi connectivity index (χ4n) is 1.88. The lowest BCUT2D eigenvalue weighted by Gasteiger charge is -2.12. The molecule has 0 saturated carbocycles. The van der Waals surface area contributed by atoms with E-state index in [-0.39, 0.29) is 10.9 Å². The summed E-state index contributed by atoms with van der Waals surface area (Å²) < 4.78 is 37.4. The van der Waals surface area contributed by atoms with Crippen LogP contribution in [0.15, 0.2) is 15.4 Å². The highest BCUT2D eigenvalue weighted by Gasteiger charge is 2.23. The first-order valence-electron chi connectivity index (χ1n) is 6.72. The maximum Gasteiger partial charge on any atom is 0.244 e. The summed E-state index contributed by atoms with van der Waals surface area (Å²) in [4.78, 5) is 0.189. The molecule has 0 spiro atoms. The monoisotopic (exact) mass is 304 g/mol. The van der Waals surface area contributed by atoms with Gasteiger partial charge in [-0.05, 0) is 26.8 Å². The second-order valence-corrected chi connectivity index (χ2v) is 6.47. The SMILES string of the molecule is CCCNCc1cc(S(=O)(=O)NC(C)COC)c(C)o1. The third-order valence-corrected chi connectivity index (χ3v) is 4.41. The molecule has 1 atom stereocenters. The van der Waals surface area contributed by atoms with Crippen molar-refractivity contribution in [2.75, 3.05) is 20.3 Å². The van der Waals surface area contributed by atoms with Gasteiger partial charge in [-0.3, -0.25) is 0 Å². The molecule has 6 nitrogen and oxygen atoms in total. The normalized spacial score (nSPS) is 13.6. The van der Waals surface area contributed by atoms with Crippen LogP contribution in [-0.4, -0.2) is 34.7 Å². The molecular weight excluding hydrogens is 280 g/mol. The van der Waals surface area contributed by atoms with Crippen molar-refractivity contribution in [1.29, 1.82) is 0 Å². The smallest absolute Gasteiger partial charge is 0.244 e. The molecule has 1 heterocycles. The van der Waals surface area contributed by atoms with Crippen molar-refractivity contribution in [2.24, 2.45) is 0 Å². The molecule has 1 unspecified atom stereocenters. The Balaban J connectivity index is 2.79. The summed E-state index contributed by atoms with van der Waals surface area (Å²) in [5, 5.41) is 3.18. The van der Waals surface area contributed by atoms with Gasteiger partial charge >= 0.3 is 0 Å². The van der Waals surface area contributed by atoms with Crippen molar-refractivity contribution >= 4 is 10.0 Å². The second-order valence-electron chi connectivity index (χ2n) is 4.79. The molecule has 2 N–H and O–H groups in total. The molecule has 0 fully saturated rings. The Morgan fingerprint density at radius 1 is 1.45 bits per heavy atom. The maximum absolute atomic E-state index is 12.2.